The van der Waals surface area contributed by atoms with Gasteiger partial charge in [-0.05, 0) is 73.6 Å². The van der Waals surface area contributed by atoms with E-state index in [1.165, 1.54) is 0 Å². The van der Waals surface area contributed by atoms with Gasteiger partial charge in [0.15, 0.2) is 5.78 Å². The Hall–Kier alpha value is -2.79. The fourth-order valence-corrected chi connectivity index (χ4v) is 4.23. The fraction of sp³-hybridized carbons (Fsp3) is 0.154. The SMILES string of the molecule is C[C@]1(C(=O)Nc2ccccc2C(=O)c2ccc(Cl)cc2)CC=CN1Cc1ccc(Cl)c(Cl)c1. The molecule has 0 aliphatic carbocycles. The molecule has 4 rings (SSSR count). The minimum Gasteiger partial charge on any atom is -0.359 e. The second kappa shape index (κ2) is 9.60. The van der Waals surface area contributed by atoms with Gasteiger partial charge in [-0.25, -0.2) is 0 Å². The zero-order chi connectivity index (χ0) is 23.6. The molecule has 1 atom stereocenters. The van der Waals surface area contributed by atoms with Crippen LogP contribution in [0, 0.1) is 0 Å². The molecule has 0 saturated heterocycles. The number of halogens is 3. The first kappa shape index (κ1) is 23.4. The molecule has 0 bridgehead atoms. The number of benzene rings is 3. The van der Waals surface area contributed by atoms with Crippen molar-refractivity contribution in [3.63, 3.8) is 0 Å². The van der Waals surface area contributed by atoms with E-state index < -0.39 is 5.54 Å². The highest BCUT2D eigenvalue weighted by Crippen LogP contribution is 2.32. The number of rotatable bonds is 6. The van der Waals surface area contributed by atoms with Crippen molar-refractivity contribution in [1.82, 2.24) is 4.90 Å². The van der Waals surface area contributed by atoms with Gasteiger partial charge in [-0.1, -0.05) is 59.1 Å². The van der Waals surface area contributed by atoms with Crippen LogP contribution in [-0.4, -0.2) is 22.1 Å². The van der Waals surface area contributed by atoms with Gasteiger partial charge in [-0.2, -0.15) is 0 Å². The average Bonchev–Trinajstić information content (AvgIpc) is 3.18. The van der Waals surface area contributed by atoms with Gasteiger partial charge in [0.1, 0.15) is 5.54 Å². The highest BCUT2D eigenvalue weighted by Gasteiger charge is 2.40. The van der Waals surface area contributed by atoms with Crippen molar-refractivity contribution in [3.05, 3.63) is 111 Å². The summed E-state index contributed by atoms with van der Waals surface area (Å²) >= 11 is 18.1. The van der Waals surface area contributed by atoms with E-state index in [0.717, 1.165) is 5.56 Å². The third kappa shape index (κ3) is 4.93. The Morgan fingerprint density at radius 3 is 2.42 bits per heavy atom. The monoisotopic (exact) mass is 498 g/mol. The minimum atomic E-state index is -0.831. The lowest BCUT2D eigenvalue weighted by Crippen LogP contribution is -2.49. The third-order valence-electron chi connectivity index (χ3n) is 5.79. The zero-order valence-electron chi connectivity index (χ0n) is 17.8. The highest BCUT2D eigenvalue weighted by molar-refractivity contribution is 6.42. The van der Waals surface area contributed by atoms with E-state index in [1.54, 1.807) is 60.7 Å². The van der Waals surface area contributed by atoms with Gasteiger partial charge >= 0.3 is 0 Å². The molecule has 3 aromatic carbocycles. The van der Waals surface area contributed by atoms with Crippen molar-refractivity contribution in [1.29, 1.82) is 0 Å². The molecular formula is C26H21Cl3N2O2. The summed E-state index contributed by atoms with van der Waals surface area (Å²) in [6.45, 7) is 2.37. The number of carbonyl (C=O) groups is 2. The predicted octanol–water partition coefficient (Wildman–Crippen LogP) is 6.99. The molecule has 0 fully saturated rings. The molecule has 1 heterocycles. The Bertz CT molecular complexity index is 1240. The fourth-order valence-electron chi connectivity index (χ4n) is 3.78. The topological polar surface area (TPSA) is 49.4 Å². The first-order chi connectivity index (χ1) is 15.8. The van der Waals surface area contributed by atoms with E-state index in [0.29, 0.717) is 44.8 Å². The molecular weight excluding hydrogens is 479 g/mol. The van der Waals surface area contributed by atoms with E-state index in [1.807, 2.05) is 30.2 Å². The van der Waals surface area contributed by atoms with Gasteiger partial charge in [-0.15, -0.1) is 0 Å². The first-order valence-corrected chi connectivity index (χ1v) is 11.5. The number of hydrogen-bond donors (Lipinski definition) is 1. The van der Waals surface area contributed by atoms with Gasteiger partial charge in [0.05, 0.1) is 15.7 Å². The summed E-state index contributed by atoms with van der Waals surface area (Å²) in [4.78, 5) is 28.5. The lowest BCUT2D eigenvalue weighted by atomic mass is 9.95. The molecule has 0 unspecified atom stereocenters. The number of carbonyl (C=O) groups excluding carboxylic acids is 2. The predicted molar refractivity (Wildman–Crippen MR) is 134 cm³/mol. The summed E-state index contributed by atoms with van der Waals surface area (Å²) in [5, 5.41) is 4.49. The van der Waals surface area contributed by atoms with Gasteiger partial charge < -0.3 is 10.2 Å². The summed E-state index contributed by atoms with van der Waals surface area (Å²) in [6, 6.07) is 19.1. The molecule has 4 nitrogen and oxygen atoms in total. The van der Waals surface area contributed by atoms with Gasteiger partial charge in [0.25, 0.3) is 0 Å². The van der Waals surface area contributed by atoms with Crippen LogP contribution in [0.5, 0.6) is 0 Å². The Morgan fingerprint density at radius 1 is 0.970 bits per heavy atom. The van der Waals surface area contributed by atoms with Crippen molar-refractivity contribution in [2.24, 2.45) is 0 Å². The molecule has 1 aliphatic heterocycles. The van der Waals surface area contributed by atoms with Crippen molar-refractivity contribution in [2.75, 3.05) is 5.32 Å². The summed E-state index contributed by atoms with van der Waals surface area (Å²) in [6.07, 6.45) is 4.40. The van der Waals surface area contributed by atoms with Gasteiger partial charge in [0.2, 0.25) is 5.91 Å². The van der Waals surface area contributed by atoms with Crippen molar-refractivity contribution in [2.45, 2.75) is 25.4 Å². The van der Waals surface area contributed by atoms with Crippen molar-refractivity contribution >= 4 is 52.2 Å². The van der Waals surface area contributed by atoms with E-state index in [2.05, 4.69) is 5.32 Å². The highest BCUT2D eigenvalue weighted by atomic mass is 35.5. The number of hydrogen-bond acceptors (Lipinski definition) is 3. The van der Waals surface area contributed by atoms with Gasteiger partial charge in [-0.3, -0.25) is 9.59 Å². The first-order valence-electron chi connectivity index (χ1n) is 10.4. The summed E-state index contributed by atoms with van der Waals surface area (Å²) in [5.41, 5.74) is 1.48. The molecule has 0 aromatic heterocycles. The minimum absolute atomic E-state index is 0.190. The Balaban J connectivity index is 1.55. The molecule has 1 aliphatic rings. The van der Waals surface area contributed by atoms with E-state index in [4.69, 9.17) is 34.8 Å². The summed E-state index contributed by atoms with van der Waals surface area (Å²) < 4.78 is 0. The van der Waals surface area contributed by atoms with Crippen LogP contribution in [0.15, 0.2) is 79.0 Å². The Kier molecular flexibility index (Phi) is 6.80. The normalized spacial score (nSPS) is 17.3. The lowest BCUT2D eigenvalue weighted by Gasteiger charge is -2.35. The second-order valence-electron chi connectivity index (χ2n) is 8.07. The van der Waals surface area contributed by atoms with Crippen LogP contribution in [0.25, 0.3) is 0 Å². The maximum atomic E-state index is 13.4. The maximum absolute atomic E-state index is 13.4. The number of anilines is 1. The summed E-state index contributed by atoms with van der Waals surface area (Å²) in [5.74, 6) is -0.395. The van der Waals surface area contributed by atoms with Crippen LogP contribution < -0.4 is 5.32 Å². The number of amides is 1. The molecule has 168 valence electrons. The smallest absolute Gasteiger partial charge is 0.250 e. The second-order valence-corrected chi connectivity index (χ2v) is 9.33. The standard InChI is InChI=1S/C26H21Cl3N2O2/c1-26(13-4-14-31(26)16-17-7-12-21(28)22(29)15-17)25(33)30-23-6-3-2-5-20(23)24(32)18-8-10-19(27)11-9-18/h2-12,14-15H,13,16H2,1H3,(H,30,33)/t26-/m1/s1. The van der Waals surface area contributed by atoms with E-state index in [-0.39, 0.29) is 11.7 Å². The van der Waals surface area contributed by atoms with Crippen molar-refractivity contribution in [3.8, 4) is 0 Å². The summed E-state index contributed by atoms with van der Waals surface area (Å²) in [7, 11) is 0. The molecule has 0 radical (unpaired) electrons. The zero-order valence-corrected chi connectivity index (χ0v) is 20.1. The Morgan fingerprint density at radius 2 is 1.70 bits per heavy atom. The molecule has 0 saturated carbocycles. The van der Waals surface area contributed by atoms with Crippen LogP contribution in [0.2, 0.25) is 15.1 Å². The number of para-hydroxylation sites is 1. The lowest BCUT2D eigenvalue weighted by molar-refractivity contribution is -0.125. The van der Waals surface area contributed by atoms with Crippen LogP contribution >= 0.6 is 34.8 Å². The molecule has 7 heteroatoms. The van der Waals surface area contributed by atoms with Crippen LogP contribution in [0.4, 0.5) is 5.69 Å². The quantitative estimate of drug-likeness (QED) is 0.372. The largest absolute Gasteiger partial charge is 0.359 e. The third-order valence-corrected chi connectivity index (χ3v) is 6.78. The maximum Gasteiger partial charge on any atom is 0.250 e. The number of nitrogens with zero attached hydrogens (tertiary/aromatic N) is 1. The molecule has 1 amide bonds. The number of nitrogens with one attached hydrogen (secondary N) is 1. The Labute approximate surface area is 207 Å². The van der Waals surface area contributed by atoms with Crippen molar-refractivity contribution < 1.29 is 9.59 Å². The van der Waals surface area contributed by atoms with Crippen LogP contribution in [-0.2, 0) is 11.3 Å². The molecule has 0 spiro atoms. The van der Waals surface area contributed by atoms with E-state index in [9.17, 15) is 9.59 Å². The molecule has 3 aromatic rings. The van der Waals surface area contributed by atoms with Gasteiger partial charge in [0, 0.05) is 22.7 Å². The number of ketones is 1. The molecule has 33 heavy (non-hydrogen) atoms. The van der Waals surface area contributed by atoms with Crippen LogP contribution in [0.1, 0.15) is 34.8 Å². The average molecular weight is 500 g/mol. The van der Waals surface area contributed by atoms with E-state index >= 15 is 0 Å². The van der Waals surface area contributed by atoms with Crippen LogP contribution in [0.3, 0.4) is 0 Å². The molecule has 1 N–H and O–H groups in total.